The van der Waals surface area contributed by atoms with Crippen molar-refractivity contribution in [2.24, 2.45) is 7.05 Å². The number of hydrogen-bond acceptors (Lipinski definition) is 8. The smallest absolute Gasteiger partial charge is 0.219 e. The van der Waals surface area contributed by atoms with Crippen molar-refractivity contribution in [2.45, 2.75) is 45.2 Å². The summed E-state index contributed by atoms with van der Waals surface area (Å²) in [4.78, 5) is 29.0. The number of fused-ring (bicyclic) bond motifs is 1. The Morgan fingerprint density at radius 2 is 2.00 bits per heavy atom. The molecule has 1 aromatic carbocycles. The molecule has 2 atom stereocenters. The van der Waals surface area contributed by atoms with Crippen molar-refractivity contribution >= 4 is 28.3 Å². The zero-order valence-corrected chi connectivity index (χ0v) is 24.4. The number of carbonyl (C=O) groups is 1. The van der Waals surface area contributed by atoms with Gasteiger partial charge in [-0.05, 0) is 38.0 Å². The molecule has 11 nitrogen and oxygen atoms in total. The van der Waals surface area contributed by atoms with Gasteiger partial charge in [0.25, 0.3) is 0 Å². The van der Waals surface area contributed by atoms with Crippen LogP contribution < -0.4 is 5.32 Å². The molecule has 4 aromatic heterocycles. The molecular weight excluding hydrogens is 530 g/mol. The summed E-state index contributed by atoms with van der Waals surface area (Å²) < 4.78 is 9.12. The van der Waals surface area contributed by atoms with Gasteiger partial charge >= 0.3 is 0 Å². The topological polar surface area (TPSA) is 116 Å². The van der Waals surface area contributed by atoms with Gasteiger partial charge in [0.15, 0.2) is 0 Å². The number of methoxy groups -OCH3 is 1. The molecule has 1 fully saturated rings. The molecule has 0 unspecified atom stereocenters. The Bertz CT molecular complexity index is 1730. The van der Waals surface area contributed by atoms with Crippen LogP contribution in [-0.4, -0.2) is 71.6 Å². The first kappa shape index (κ1) is 27.5. The fraction of sp³-hybridized carbons (Fsp3) is 0.355. The van der Waals surface area contributed by atoms with Crippen molar-refractivity contribution in [1.82, 2.24) is 39.4 Å². The van der Waals surface area contributed by atoms with Crippen molar-refractivity contribution in [3.8, 4) is 22.5 Å². The number of rotatable bonds is 8. The third-order valence-electron chi connectivity index (χ3n) is 7.94. The molecule has 1 amide bonds. The monoisotopic (exact) mass is 565 g/mol. The number of ether oxygens (including phenoxy) is 1. The quantitative estimate of drug-likeness (QED) is 0.285. The maximum Gasteiger partial charge on any atom is 0.219 e. The lowest BCUT2D eigenvalue weighted by Crippen LogP contribution is -2.44. The van der Waals surface area contributed by atoms with Crippen LogP contribution in [0, 0.1) is 0 Å². The van der Waals surface area contributed by atoms with E-state index in [9.17, 15) is 4.79 Å². The van der Waals surface area contributed by atoms with Crippen LogP contribution in [0.5, 0.6) is 0 Å². The molecule has 1 saturated heterocycles. The van der Waals surface area contributed by atoms with E-state index in [1.54, 1.807) is 18.7 Å². The van der Waals surface area contributed by atoms with E-state index in [0.29, 0.717) is 24.8 Å². The predicted molar refractivity (Wildman–Crippen MR) is 161 cm³/mol. The van der Waals surface area contributed by atoms with Crippen molar-refractivity contribution < 1.29 is 9.53 Å². The average molecular weight is 566 g/mol. The Morgan fingerprint density at radius 3 is 2.79 bits per heavy atom. The SMILES string of the molecule is COCCn1ccc2c(-c3cc(Nc4cccc(-c5cn(C)nn5)c4)nc([C@@H]4CC[C@H](C)N(C(C)=O)C4)n3)cncc21. The molecule has 0 saturated carbocycles. The minimum Gasteiger partial charge on any atom is -0.383 e. The summed E-state index contributed by atoms with van der Waals surface area (Å²) in [5, 5.41) is 12.9. The molecule has 6 rings (SSSR count). The zero-order valence-electron chi connectivity index (χ0n) is 24.4. The van der Waals surface area contributed by atoms with Gasteiger partial charge in [-0.15, -0.1) is 5.10 Å². The molecule has 0 radical (unpaired) electrons. The van der Waals surface area contributed by atoms with Crippen LogP contribution in [0.25, 0.3) is 33.4 Å². The Labute approximate surface area is 244 Å². The average Bonchev–Trinajstić information content (AvgIpc) is 3.62. The van der Waals surface area contributed by atoms with Gasteiger partial charge in [-0.3, -0.25) is 14.5 Å². The molecule has 1 N–H and O–H groups in total. The molecule has 5 aromatic rings. The van der Waals surface area contributed by atoms with E-state index in [0.717, 1.165) is 58.5 Å². The summed E-state index contributed by atoms with van der Waals surface area (Å²) >= 11 is 0. The van der Waals surface area contributed by atoms with Crippen molar-refractivity contribution in [3.05, 3.63) is 67.0 Å². The number of amides is 1. The van der Waals surface area contributed by atoms with Crippen LogP contribution in [0.2, 0.25) is 0 Å². The maximum atomic E-state index is 12.4. The number of pyridine rings is 1. The maximum absolute atomic E-state index is 12.4. The fourth-order valence-corrected chi connectivity index (χ4v) is 5.69. The number of benzene rings is 1. The van der Waals surface area contributed by atoms with E-state index in [2.05, 4.69) is 44.4 Å². The normalized spacial score (nSPS) is 17.1. The first-order valence-corrected chi connectivity index (χ1v) is 14.2. The van der Waals surface area contributed by atoms with Crippen molar-refractivity contribution in [2.75, 3.05) is 25.6 Å². The summed E-state index contributed by atoms with van der Waals surface area (Å²) in [6, 6.07) is 12.3. The highest BCUT2D eigenvalue weighted by Crippen LogP contribution is 2.34. The first-order chi connectivity index (χ1) is 20.4. The third kappa shape index (κ3) is 5.60. The number of nitrogens with zero attached hydrogens (tertiary/aromatic N) is 8. The van der Waals surface area contributed by atoms with Crippen molar-refractivity contribution in [3.63, 3.8) is 0 Å². The second-order valence-electron chi connectivity index (χ2n) is 10.9. The van der Waals surface area contributed by atoms with E-state index < -0.39 is 0 Å². The van der Waals surface area contributed by atoms with Gasteiger partial charge < -0.3 is 19.5 Å². The number of aryl methyl sites for hydroxylation is 1. The molecule has 1 aliphatic heterocycles. The Kier molecular flexibility index (Phi) is 7.66. The first-order valence-electron chi connectivity index (χ1n) is 14.2. The summed E-state index contributed by atoms with van der Waals surface area (Å²) in [6.07, 6.45) is 9.49. The molecule has 0 aliphatic carbocycles. The Balaban J connectivity index is 1.41. The predicted octanol–water partition coefficient (Wildman–Crippen LogP) is 4.79. The summed E-state index contributed by atoms with van der Waals surface area (Å²) in [6.45, 7) is 5.67. The summed E-state index contributed by atoms with van der Waals surface area (Å²) in [7, 11) is 3.55. The molecule has 42 heavy (non-hydrogen) atoms. The van der Waals surface area contributed by atoms with E-state index in [1.807, 2.05) is 60.9 Å². The zero-order chi connectivity index (χ0) is 29.2. The number of hydrogen-bond donors (Lipinski definition) is 1. The summed E-state index contributed by atoms with van der Waals surface area (Å²) in [5.41, 5.74) is 5.34. The third-order valence-corrected chi connectivity index (χ3v) is 7.94. The van der Waals surface area contributed by atoms with Crippen LogP contribution in [0.15, 0.2) is 61.2 Å². The van der Waals surface area contributed by atoms with Crippen LogP contribution in [0.1, 0.15) is 38.4 Å². The van der Waals surface area contributed by atoms with Crippen LogP contribution in [-0.2, 0) is 23.1 Å². The molecule has 0 bridgehead atoms. The molecule has 1 aliphatic rings. The Morgan fingerprint density at radius 1 is 1.12 bits per heavy atom. The number of anilines is 2. The van der Waals surface area contributed by atoms with Gasteiger partial charge in [0.1, 0.15) is 17.3 Å². The number of aromatic nitrogens is 7. The van der Waals surface area contributed by atoms with E-state index >= 15 is 0 Å². The van der Waals surface area contributed by atoms with Crippen LogP contribution in [0.4, 0.5) is 11.5 Å². The molecular formula is C31H35N9O2. The molecule has 11 heteroatoms. The minimum atomic E-state index is 0.0231. The highest BCUT2D eigenvalue weighted by molar-refractivity contribution is 5.94. The van der Waals surface area contributed by atoms with Gasteiger partial charge in [0.2, 0.25) is 5.91 Å². The lowest BCUT2D eigenvalue weighted by molar-refractivity contribution is -0.132. The number of piperidine rings is 1. The molecule has 216 valence electrons. The largest absolute Gasteiger partial charge is 0.383 e. The van der Waals surface area contributed by atoms with Gasteiger partial charge in [0, 0.05) is 86.8 Å². The fourth-order valence-electron chi connectivity index (χ4n) is 5.69. The highest BCUT2D eigenvalue weighted by Gasteiger charge is 2.30. The number of likely N-dealkylation sites (tertiary alicyclic amines) is 1. The van der Waals surface area contributed by atoms with E-state index in [-0.39, 0.29) is 17.9 Å². The molecule has 5 heterocycles. The van der Waals surface area contributed by atoms with Crippen molar-refractivity contribution in [1.29, 1.82) is 0 Å². The molecule has 0 spiro atoms. The second-order valence-corrected chi connectivity index (χ2v) is 10.9. The minimum absolute atomic E-state index is 0.0231. The summed E-state index contributed by atoms with van der Waals surface area (Å²) in [5.74, 6) is 1.49. The van der Waals surface area contributed by atoms with Gasteiger partial charge in [-0.2, -0.15) is 0 Å². The van der Waals surface area contributed by atoms with Crippen LogP contribution in [0.3, 0.4) is 0 Å². The van der Waals surface area contributed by atoms with Gasteiger partial charge in [-0.25, -0.2) is 9.97 Å². The van der Waals surface area contributed by atoms with Gasteiger partial charge in [-0.1, -0.05) is 17.3 Å². The standard InChI is InChI=1S/C31H35N9O2/c1-20-8-9-23(18-40(20)21(2)41)31-34-27(26-16-32-17-29-25(26)10-11-39(29)12-13-42-4)15-30(35-31)33-24-7-5-6-22(14-24)28-19-38(3)37-36-28/h5-7,10-11,14-17,19-20,23H,8-9,12-13,18H2,1-4H3,(H,33,34,35)/t20-,23+/m0/s1. The lowest BCUT2D eigenvalue weighted by Gasteiger charge is -2.37. The van der Waals surface area contributed by atoms with Crippen LogP contribution >= 0.6 is 0 Å². The Hall–Kier alpha value is -4.64. The van der Waals surface area contributed by atoms with E-state index in [1.165, 1.54) is 0 Å². The second kappa shape index (κ2) is 11.7. The van der Waals surface area contributed by atoms with E-state index in [4.69, 9.17) is 14.7 Å². The lowest BCUT2D eigenvalue weighted by atomic mass is 9.92. The number of nitrogens with one attached hydrogen (secondary N) is 1. The van der Waals surface area contributed by atoms with Gasteiger partial charge in [0.05, 0.1) is 30.2 Å². The highest BCUT2D eigenvalue weighted by atomic mass is 16.5. The number of carbonyl (C=O) groups excluding carboxylic acids is 1.